The Bertz CT molecular complexity index is 1370. The number of rotatable bonds is 6. The number of hydrogen-bond donors (Lipinski definition) is 3. The Morgan fingerprint density at radius 2 is 1.61 bits per heavy atom. The van der Waals surface area contributed by atoms with Crippen molar-refractivity contribution in [1.29, 1.82) is 0 Å². The van der Waals surface area contributed by atoms with Crippen molar-refractivity contribution >= 4 is 51.3 Å². The first-order chi connectivity index (χ1) is 15.9. The van der Waals surface area contributed by atoms with Crippen molar-refractivity contribution in [2.24, 2.45) is 10.2 Å². The van der Waals surface area contributed by atoms with Crippen molar-refractivity contribution in [2.45, 2.75) is 6.42 Å². The van der Waals surface area contributed by atoms with Crippen LogP contribution in [0.3, 0.4) is 0 Å². The minimum atomic E-state index is -1.04. The lowest BCUT2D eigenvalue weighted by molar-refractivity contribution is -0.115. The van der Waals surface area contributed by atoms with Crippen molar-refractivity contribution in [3.05, 3.63) is 95.0 Å². The highest BCUT2D eigenvalue weighted by molar-refractivity contribution is 6.30. The Labute approximate surface area is 194 Å². The number of hydrogen-bond acceptors (Lipinski definition) is 5. The van der Waals surface area contributed by atoms with Gasteiger partial charge in [-0.3, -0.25) is 4.79 Å². The lowest BCUT2D eigenvalue weighted by atomic mass is 10.0. The van der Waals surface area contributed by atoms with Gasteiger partial charge in [-0.2, -0.15) is 5.11 Å². The molecule has 4 rings (SSSR count). The third-order valence-corrected chi connectivity index (χ3v) is 5.18. The van der Waals surface area contributed by atoms with E-state index in [-0.39, 0.29) is 29.3 Å². The zero-order chi connectivity index (χ0) is 23.4. The molecular weight excluding hydrogens is 442 g/mol. The van der Waals surface area contributed by atoms with Crippen LogP contribution in [0.25, 0.3) is 10.8 Å². The normalized spacial score (nSPS) is 11.1. The molecule has 164 valence electrons. The minimum Gasteiger partial charge on any atom is -0.505 e. The maximum atomic E-state index is 12.6. The van der Waals surface area contributed by atoms with E-state index < -0.39 is 5.97 Å². The molecule has 8 heteroatoms. The second-order valence-electron chi connectivity index (χ2n) is 7.24. The van der Waals surface area contributed by atoms with E-state index in [0.29, 0.717) is 27.3 Å². The second-order valence-corrected chi connectivity index (χ2v) is 7.67. The lowest BCUT2D eigenvalue weighted by Crippen LogP contribution is -2.14. The molecule has 0 fully saturated rings. The van der Waals surface area contributed by atoms with Crippen LogP contribution in [0.4, 0.5) is 17.1 Å². The number of anilines is 1. The van der Waals surface area contributed by atoms with Gasteiger partial charge in [-0.15, -0.1) is 5.11 Å². The molecule has 0 aromatic heterocycles. The molecule has 4 aromatic rings. The third kappa shape index (κ3) is 5.16. The van der Waals surface area contributed by atoms with Gasteiger partial charge in [0.2, 0.25) is 5.91 Å². The number of azo groups is 1. The van der Waals surface area contributed by atoms with Crippen molar-refractivity contribution < 1.29 is 19.8 Å². The predicted molar refractivity (Wildman–Crippen MR) is 127 cm³/mol. The summed E-state index contributed by atoms with van der Waals surface area (Å²) in [5, 5.41) is 33.1. The van der Waals surface area contributed by atoms with Gasteiger partial charge < -0.3 is 15.5 Å². The van der Waals surface area contributed by atoms with Crippen LogP contribution < -0.4 is 5.32 Å². The number of nitrogens with zero attached hydrogens (tertiary/aromatic N) is 2. The van der Waals surface area contributed by atoms with Crippen molar-refractivity contribution in [3.8, 4) is 5.75 Å². The van der Waals surface area contributed by atoms with E-state index in [1.807, 2.05) is 18.2 Å². The number of carboxylic acids is 1. The number of nitrogens with one attached hydrogen (secondary N) is 1. The van der Waals surface area contributed by atoms with E-state index in [2.05, 4.69) is 15.5 Å². The van der Waals surface area contributed by atoms with E-state index in [4.69, 9.17) is 16.7 Å². The van der Waals surface area contributed by atoms with E-state index in [0.717, 1.165) is 5.39 Å². The van der Waals surface area contributed by atoms with E-state index in [1.165, 1.54) is 24.3 Å². The number of carbonyl (C=O) groups excluding carboxylic acids is 1. The summed E-state index contributed by atoms with van der Waals surface area (Å²) in [5.41, 5.74) is 1.78. The Hall–Kier alpha value is -4.23. The van der Waals surface area contributed by atoms with E-state index >= 15 is 0 Å². The van der Waals surface area contributed by atoms with E-state index in [1.54, 1.807) is 36.4 Å². The minimum absolute atomic E-state index is 0.0743. The second kappa shape index (κ2) is 9.50. The zero-order valence-corrected chi connectivity index (χ0v) is 18.0. The predicted octanol–water partition coefficient (Wildman–Crippen LogP) is 6.49. The first-order valence-electron chi connectivity index (χ1n) is 9.95. The van der Waals surface area contributed by atoms with E-state index in [9.17, 15) is 14.7 Å². The van der Waals surface area contributed by atoms with Crippen LogP contribution in [-0.2, 0) is 11.2 Å². The molecule has 0 aliphatic rings. The number of amides is 1. The molecule has 0 aliphatic carbocycles. The summed E-state index contributed by atoms with van der Waals surface area (Å²) in [5.74, 6) is -1.49. The van der Waals surface area contributed by atoms with Crippen LogP contribution in [0.2, 0.25) is 5.02 Å². The number of fused-ring (bicyclic) bond motifs is 1. The Morgan fingerprint density at radius 3 is 2.30 bits per heavy atom. The first kappa shape index (κ1) is 22.0. The molecule has 0 spiro atoms. The highest BCUT2D eigenvalue weighted by atomic mass is 35.5. The Morgan fingerprint density at radius 1 is 0.909 bits per heavy atom. The number of aromatic carboxylic acids is 1. The topological polar surface area (TPSA) is 111 Å². The average Bonchev–Trinajstić information content (AvgIpc) is 2.81. The molecule has 0 bridgehead atoms. The van der Waals surface area contributed by atoms with Gasteiger partial charge in [0.1, 0.15) is 11.4 Å². The summed E-state index contributed by atoms with van der Waals surface area (Å²) in [6.07, 6.45) is -0.0743. The van der Waals surface area contributed by atoms with Crippen molar-refractivity contribution in [2.75, 3.05) is 5.32 Å². The molecule has 3 N–H and O–H groups in total. The molecule has 0 atom stereocenters. The molecule has 0 saturated heterocycles. The highest BCUT2D eigenvalue weighted by Gasteiger charge is 2.16. The van der Waals surface area contributed by atoms with Crippen LogP contribution in [0.5, 0.6) is 5.75 Å². The SMILES string of the molecule is O=C(Cc1cc2ccccc2c(N=Nc2ccc(C(=O)O)cc2)c1O)Nc1ccc(Cl)cc1. The Balaban J connectivity index is 1.64. The maximum absolute atomic E-state index is 12.6. The fourth-order valence-electron chi connectivity index (χ4n) is 3.30. The number of phenolic OH excluding ortho intramolecular Hbond substituents is 1. The molecule has 1 amide bonds. The number of phenols is 1. The lowest BCUT2D eigenvalue weighted by Gasteiger charge is -2.11. The number of aromatic hydroxyl groups is 1. The fourth-order valence-corrected chi connectivity index (χ4v) is 3.43. The Kier molecular flexibility index (Phi) is 6.33. The summed E-state index contributed by atoms with van der Waals surface area (Å²) in [6.45, 7) is 0. The zero-order valence-electron chi connectivity index (χ0n) is 17.2. The molecule has 0 aliphatic heterocycles. The van der Waals surface area contributed by atoms with Crippen LogP contribution in [0, 0.1) is 0 Å². The highest BCUT2D eigenvalue weighted by Crippen LogP contribution is 2.39. The number of carbonyl (C=O) groups is 2. The number of benzene rings is 4. The van der Waals surface area contributed by atoms with Gasteiger partial charge in [0, 0.05) is 21.7 Å². The van der Waals surface area contributed by atoms with Gasteiger partial charge in [-0.05, 0) is 60.0 Å². The standard InChI is InChI=1S/C25H18ClN3O4/c26-18-7-11-19(12-8-18)27-22(30)14-17-13-16-3-1-2-4-21(16)23(24(17)31)29-28-20-9-5-15(6-10-20)25(32)33/h1-13,31H,14H2,(H,27,30)(H,32,33). The molecule has 0 heterocycles. The van der Waals surface area contributed by atoms with Gasteiger partial charge in [0.05, 0.1) is 17.7 Å². The molecule has 0 unspecified atom stereocenters. The number of carboxylic acid groups (broad SMARTS) is 1. The summed E-state index contributed by atoms with van der Waals surface area (Å²) < 4.78 is 0. The van der Waals surface area contributed by atoms with Crippen molar-refractivity contribution in [1.82, 2.24) is 0 Å². The van der Waals surface area contributed by atoms with Gasteiger partial charge in [0.25, 0.3) is 0 Å². The summed E-state index contributed by atoms with van der Waals surface area (Å²) in [7, 11) is 0. The molecule has 0 saturated carbocycles. The summed E-state index contributed by atoms with van der Waals surface area (Å²) >= 11 is 5.88. The molecule has 4 aromatic carbocycles. The van der Waals surface area contributed by atoms with Crippen LogP contribution in [0.15, 0.2) is 89.1 Å². The maximum Gasteiger partial charge on any atom is 0.335 e. The molecule has 7 nitrogen and oxygen atoms in total. The van der Waals surface area contributed by atoms with Gasteiger partial charge in [0.15, 0.2) is 0 Å². The summed E-state index contributed by atoms with van der Waals surface area (Å²) in [4.78, 5) is 23.6. The van der Waals surface area contributed by atoms with Crippen molar-refractivity contribution in [3.63, 3.8) is 0 Å². The smallest absolute Gasteiger partial charge is 0.335 e. The third-order valence-electron chi connectivity index (χ3n) is 4.93. The van der Waals surface area contributed by atoms with Crippen LogP contribution >= 0.6 is 11.6 Å². The summed E-state index contributed by atoms with van der Waals surface area (Å²) in [6, 6.07) is 21.7. The van der Waals surface area contributed by atoms with Gasteiger partial charge in [-0.1, -0.05) is 35.9 Å². The quantitative estimate of drug-likeness (QED) is 0.286. The number of halogens is 1. The fraction of sp³-hybridized carbons (Fsp3) is 0.0400. The largest absolute Gasteiger partial charge is 0.505 e. The monoisotopic (exact) mass is 459 g/mol. The molecular formula is C25H18ClN3O4. The van der Waals surface area contributed by atoms with Gasteiger partial charge in [-0.25, -0.2) is 4.79 Å². The first-order valence-corrected chi connectivity index (χ1v) is 10.3. The molecule has 33 heavy (non-hydrogen) atoms. The van der Waals surface area contributed by atoms with Gasteiger partial charge >= 0.3 is 5.97 Å². The average molecular weight is 460 g/mol. The van der Waals surface area contributed by atoms with Crippen LogP contribution in [-0.4, -0.2) is 22.1 Å². The van der Waals surface area contributed by atoms with Crippen LogP contribution in [0.1, 0.15) is 15.9 Å². The molecule has 0 radical (unpaired) electrons.